The van der Waals surface area contributed by atoms with Crippen molar-refractivity contribution in [1.29, 1.82) is 0 Å². The van der Waals surface area contributed by atoms with Gasteiger partial charge in [0.1, 0.15) is 0 Å². The summed E-state index contributed by atoms with van der Waals surface area (Å²) in [6.45, 7) is 2.43. The van der Waals surface area contributed by atoms with Crippen molar-refractivity contribution in [3.63, 3.8) is 0 Å². The molecule has 1 amide bonds. The number of anilines is 1. The number of hydrogen-bond acceptors (Lipinski definition) is 3. The lowest BCUT2D eigenvalue weighted by Gasteiger charge is -2.32. The van der Waals surface area contributed by atoms with Crippen molar-refractivity contribution in [3.8, 4) is 0 Å². The minimum atomic E-state index is -3.62. The van der Waals surface area contributed by atoms with Crippen LogP contribution in [0, 0.1) is 0 Å². The van der Waals surface area contributed by atoms with Crippen molar-refractivity contribution in [2.75, 3.05) is 11.9 Å². The first kappa shape index (κ1) is 18.9. The summed E-state index contributed by atoms with van der Waals surface area (Å²) in [6, 6.07) is 13.0. The first-order valence-electron chi connectivity index (χ1n) is 8.57. The molecule has 2 aromatic carbocycles. The van der Waals surface area contributed by atoms with E-state index in [1.54, 1.807) is 36.4 Å². The molecule has 0 radical (unpaired) electrons. The lowest BCUT2D eigenvalue weighted by atomic mass is 10.1. The fourth-order valence-electron chi connectivity index (χ4n) is 3.12. The molecule has 1 atom stereocenters. The van der Waals surface area contributed by atoms with E-state index in [1.807, 2.05) is 6.92 Å². The summed E-state index contributed by atoms with van der Waals surface area (Å²) in [5, 5.41) is 3.14. The fraction of sp³-hybridized carbons (Fsp3) is 0.316. The van der Waals surface area contributed by atoms with Crippen molar-refractivity contribution in [2.45, 2.75) is 37.1 Å². The second-order valence-corrected chi connectivity index (χ2v) is 8.72. The van der Waals surface area contributed by atoms with Gasteiger partial charge in [-0.1, -0.05) is 36.2 Å². The van der Waals surface area contributed by atoms with Crippen molar-refractivity contribution in [1.82, 2.24) is 4.31 Å². The van der Waals surface area contributed by atoms with Gasteiger partial charge in [-0.3, -0.25) is 4.79 Å². The van der Waals surface area contributed by atoms with E-state index < -0.39 is 15.9 Å². The van der Waals surface area contributed by atoms with Crippen LogP contribution in [0.5, 0.6) is 0 Å². The number of rotatable bonds is 4. The molecule has 1 heterocycles. The molecule has 0 unspecified atom stereocenters. The summed E-state index contributed by atoms with van der Waals surface area (Å²) in [5.74, 6) is -0.401. The summed E-state index contributed by atoms with van der Waals surface area (Å²) in [5.41, 5.74) is 0.757. The van der Waals surface area contributed by atoms with E-state index in [0.717, 1.165) is 19.3 Å². The molecule has 138 valence electrons. The molecule has 0 bridgehead atoms. The van der Waals surface area contributed by atoms with Crippen LogP contribution in [-0.2, 0) is 10.0 Å². The molecule has 1 N–H and O–H groups in total. The molecule has 3 rings (SSSR count). The number of amides is 1. The van der Waals surface area contributed by atoms with Gasteiger partial charge in [-0.15, -0.1) is 0 Å². The Balaban J connectivity index is 1.86. The molecule has 0 aliphatic carbocycles. The molecule has 1 fully saturated rings. The van der Waals surface area contributed by atoms with E-state index >= 15 is 0 Å². The first-order valence-corrected chi connectivity index (χ1v) is 10.4. The molecule has 5 nitrogen and oxygen atoms in total. The zero-order valence-electron chi connectivity index (χ0n) is 14.5. The predicted octanol–water partition coefficient (Wildman–Crippen LogP) is 4.16. The molecule has 26 heavy (non-hydrogen) atoms. The Morgan fingerprint density at radius 1 is 1.15 bits per heavy atom. The maximum Gasteiger partial charge on any atom is 0.255 e. The van der Waals surface area contributed by atoms with Crippen LogP contribution in [0.1, 0.15) is 36.5 Å². The van der Waals surface area contributed by atoms with Gasteiger partial charge in [-0.25, -0.2) is 8.42 Å². The van der Waals surface area contributed by atoms with E-state index in [1.165, 1.54) is 16.4 Å². The lowest BCUT2D eigenvalue weighted by Crippen LogP contribution is -2.41. The molecular formula is C19H21ClN2O3S. The van der Waals surface area contributed by atoms with Gasteiger partial charge in [0, 0.05) is 18.2 Å². The summed E-state index contributed by atoms with van der Waals surface area (Å²) in [7, 11) is -3.62. The molecule has 0 saturated carbocycles. The molecule has 0 spiro atoms. The van der Waals surface area contributed by atoms with Gasteiger partial charge in [-0.2, -0.15) is 4.31 Å². The minimum absolute atomic E-state index is 0.0330. The van der Waals surface area contributed by atoms with Crippen molar-refractivity contribution >= 4 is 33.2 Å². The van der Waals surface area contributed by atoms with Gasteiger partial charge in [0.2, 0.25) is 10.0 Å². The third-order valence-electron chi connectivity index (χ3n) is 4.57. The second-order valence-electron chi connectivity index (χ2n) is 6.42. The predicted molar refractivity (Wildman–Crippen MR) is 103 cm³/mol. The molecule has 2 aromatic rings. The van der Waals surface area contributed by atoms with Crippen LogP contribution in [-0.4, -0.2) is 31.2 Å². The van der Waals surface area contributed by atoms with E-state index in [9.17, 15) is 13.2 Å². The van der Waals surface area contributed by atoms with Crippen LogP contribution >= 0.6 is 11.6 Å². The summed E-state index contributed by atoms with van der Waals surface area (Å²) >= 11 is 6.06. The van der Waals surface area contributed by atoms with Gasteiger partial charge in [-0.05, 0) is 50.1 Å². The van der Waals surface area contributed by atoms with Crippen LogP contribution in [0.4, 0.5) is 5.69 Å². The maximum atomic E-state index is 13.0. The average molecular weight is 393 g/mol. The third kappa shape index (κ3) is 3.92. The summed E-state index contributed by atoms with van der Waals surface area (Å²) < 4.78 is 27.4. The summed E-state index contributed by atoms with van der Waals surface area (Å²) in [4.78, 5) is 12.6. The highest BCUT2D eigenvalue weighted by molar-refractivity contribution is 7.89. The Hall–Kier alpha value is -1.89. The van der Waals surface area contributed by atoms with E-state index in [0.29, 0.717) is 17.3 Å². The number of halogens is 1. The average Bonchev–Trinajstić information content (AvgIpc) is 2.64. The quantitative estimate of drug-likeness (QED) is 0.849. The van der Waals surface area contributed by atoms with E-state index in [4.69, 9.17) is 11.6 Å². The number of carbonyl (C=O) groups excluding carboxylic acids is 1. The zero-order chi connectivity index (χ0) is 18.7. The minimum Gasteiger partial charge on any atom is -0.321 e. The Morgan fingerprint density at radius 3 is 2.65 bits per heavy atom. The lowest BCUT2D eigenvalue weighted by molar-refractivity contribution is 0.102. The van der Waals surface area contributed by atoms with Gasteiger partial charge >= 0.3 is 0 Å². The third-order valence-corrected chi connectivity index (χ3v) is 6.91. The van der Waals surface area contributed by atoms with Crippen LogP contribution < -0.4 is 5.32 Å². The number of sulfonamides is 1. The highest BCUT2D eigenvalue weighted by Gasteiger charge is 2.31. The topological polar surface area (TPSA) is 66.5 Å². The van der Waals surface area contributed by atoms with E-state index in [-0.39, 0.29) is 16.5 Å². The van der Waals surface area contributed by atoms with Crippen molar-refractivity contribution in [2.24, 2.45) is 0 Å². The summed E-state index contributed by atoms with van der Waals surface area (Å²) in [6.07, 6.45) is 2.75. The number of benzene rings is 2. The monoisotopic (exact) mass is 392 g/mol. The van der Waals surface area contributed by atoms with Crippen LogP contribution in [0.2, 0.25) is 5.02 Å². The molecule has 0 aromatic heterocycles. The van der Waals surface area contributed by atoms with Gasteiger partial charge in [0.25, 0.3) is 5.91 Å². The Bertz CT molecular complexity index is 915. The second kappa shape index (κ2) is 7.78. The highest BCUT2D eigenvalue weighted by atomic mass is 35.5. The van der Waals surface area contributed by atoms with Crippen LogP contribution in [0.3, 0.4) is 0 Å². The SMILES string of the molecule is C[C@@H]1CCCCN1S(=O)(=O)c1cccc(C(=O)Nc2ccccc2Cl)c1. The van der Waals surface area contributed by atoms with Crippen molar-refractivity contribution in [3.05, 3.63) is 59.1 Å². The standard InChI is InChI=1S/C19H21ClN2O3S/c1-14-7-4-5-12-22(14)26(24,25)16-9-6-8-15(13-16)19(23)21-18-11-3-2-10-17(18)20/h2-3,6,8-11,13-14H,4-5,7,12H2,1H3,(H,21,23)/t14-/m1/s1. The number of hydrogen-bond donors (Lipinski definition) is 1. The largest absolute Gasteiger partial charge is 0.321 e. The molecular weight excluding hydrogens is 372 g/mol. The number of carbonyl (C=O) groups is 1. The highest BCUT2D eigenvalue weighted by Crippen LogP contribution is 2.26. The van der Waals surface area contributed by atoms with Crippen LogP contribution in [0.15, 0.2) is 53.4 Å². The molecule has 1 aliphatic heterocycles. The number of para-hydroxylation sites is 1. The Labute approximate surface area is 159 Å². The smallest absolute Gasteiger partial charge is 0.255 e. The molecule has 7 heteroatoms. The maximum absolute atomic E-state index is 13.0. The zero-order valence-corrected chi connectivity index (χ0v) is 16.1. The van der Waals surface area contributed by atoms with E-state index in [2.05, 4.69) is 5.32 Å². The molecule has 1 aliphatic rings. The Morgan fingerprint density at radius 2 is 1.92 bits per heavy atom. The van der Waals surface area contributed by atoms with Gasteiger partial charge in [0.15, 0.2) is 0 Å². The molecule has 1 saturated heterocycles. The number of nitrogens with one attached hydrogen (secondary N) is 1. The van der Waals surface area contributed by atoms with Gasteiger partial charge in [0.05, 0.1) is 15.6 Å². The van der Waals surface area contributed by atoms with Crippen LogP contribution in [0.25, 0.3) is 0 Å². The number of piperidine rings is 1. The Kier molecular flexibility index (Phi) is 5.65. The normalized spacial score (nSPS) is 18.5. The van der Waals surface area contributed by atoms with Gasteiger partial charge < -0.3 is 5.32 Å². The number of nitrogens with zero attached hydrogens (tertiary/aromatic N) is 1. The fourth-order valence-corrected chi connectivity index (χ4v) is 5.05. The van der Waals surface area contributed by atoms with Crippen molar-refractivity contribution < 1.29 is 13.2 Å². The first-order chi connectivity index (χ1) is 12.4.